The van der Waals surface area contributed by atoms with Crippen LogP contribution in [0.5, 0.6) is 5.88 Å². The number of hydrogen-bond acceptors (Lipinski definition) is 9. The molecule has 0 saturated carbocycles. The number of pyridine rings is 2. The summed E-state index contributed by atoms with van der Waals surface area (Å²) in [6.45, 7) is 6.33. The third kappa shape index (κ3) is 6.82. The predicted octanol–water partition coefficient (Wildman–Crippen LogP) is 3.12. The fourth-order valence-electron chi connectivity index (χ4n) is 6.26. The Hall–Kier alpha value is -4.17. The Morgan fingerprint density at radius 3 is 2.59 bits per heavy atom. The second-order valence-corrected chi connectivity index (χ2v) is 11.6. The molecule has 2 aromatic heterocycles. The van der Waals surface area contributed by atoms with Gasteiger partial charge in [-0.15, -0.1) is 0 Å². The minimum atomic E-state index is -4.84. The molecule has 14 heteroatoms. The number of likely N-dealkylation sites (N-methyl/N-ethyl adjacent to an activating group) is 1. The number of allylic oxidation sites excluding steroid dienone is 1. The summed E-state index contributed by atoms with van der Waals surface area (Å²) in [6, 6.07) is 5.70. The Morgan fingerprint density at radius 1 is 1.15 bits per heavy atom. The van der Waals surface area contributed by atoms with Gasteiger partial charge in [0.15, 0.2) is 11.4 Å². The van der Waals surface area contributed by atoms with Gasteiger partial charge >= 0.3 is 6.18 Å². The van der Waals surface area contributed by atoms with E-state index in [1.165, 1.54) is 18.1 Å². The van der Waals surface area contributed by atoms with Gasteiger partial charge < -0.3 is 34.8 Å². The molecule has 2 N–H and O–H groups in total. The highest BCUT2D eigenvalue weighted by Gasteiger charge is 2.42. The van der Waals surface area contributed by atoms with E-state index >= 15 is 0 Å². The van der Waals surface area contributed by atoms with Gasteiger partial charge in [-0.2, -0.15) is 13.2 Å². The van der Waals surface area contributed by atoms with E-state index in [1.807, 2.05) is 44.0 Å². The molecule has 0 aliphatic carbocycles. The van der Waals surface area contributed by atoms with E-state index in [2.05, 4.69) is 25.5 Å². The zero-order chi connectivity index (χ0) is 33.1. The lowest BCUT2D eigenvalue weighted by atomic mass is 9.97. The van der Waals surface area contributed by atoms with E-state index in [1.54, 1.807) is 18.5 Å². The molecule has 5 heterocycles. The van der Waals surface area contributed by atoms with Crippen molar-refractivity contribution in [2.24, 2.45) is 0 Å². The summed E-state index contributed by atoms with van der Waals surface area (Å²) in [4.78, 5) is 40.9. The lowest BCUT2D eigenvalue weighted by molar-refractivity contribution is -0.141. The van der Waals surface area contributed by atoms with Crippen molar-refractivity contribution in [1.29, 1.82) is 0 Å². The van der Waals surface area contributed by atoms with Crippen molar-refractivity contribution in [3.05, 3.63) is 77.0 Å². The first-order valence-electron chi connectivity index (χ1n) is 15.4. The van der Waals surface area contributed by atoms with E-state index in [-0.39, 0.29) is 43.5 Å². The number of rotatable bonds is 9. The van der Waals surface area contributed by atoms with Gasteiger partial charge in [-0.3, -0.25) is 14.6 Å². The number of alkyl halides is 3. The Balaban J connectivity index is 1.46. The van der Waals surface area contributed by atoms with Gasteiger partial charge in [0.1, 0.15) is 5.70 Å². The van der Waals surface area contributed by atoms with Gasteiger partial charge in [-0.25, -0.2) is 4.98 Å². The maximum Gasteiger partial charge on any atom is 0.434 e. The number of nitrogens with one attached hydrogen (secondary N) is 2. The Morgan fingerprint density at radius 2 is 1.96 bits per heavy atom. The zero-order valence-electron chi connectivity index (χ0n) is 26.4. The molecule has 0 bridgehead atoms. The number of hydrogen-bond donors (Lipinski definition) is 2. The fraction of sp³-hybridized carbons (Fsp3) is 0.500. The predicted molar refractivity (Wildman–Crippen MR) is 163 cm³/mol. The van der Waals surface area contributed by atoms with Crippen molar-refractivity contribution in [1.82, 2.24) is 35.3 Å². The summed E-state index contributed by atoms with van der Waals surface area (Å²) in [6.07, 6.45) is 3.59. The van der Waals surface area contributed by atoms with Gasteiger partial charge in [0, 0.05) is 68.9 Å². The molecule has 11 nitrogen and oxygen atoms in total. The molecular weight excluding hydrogens is 603 g/mol. The number of nitrogens with zero attached hydrogens (tertiary/aromatic N) is 5. The number of piperazine rings is 1. The van der Waals surface area contributed by atoms with E-state index in [0.717, 1.165) is 25.6 Å². The standard InChI is InChI=1S/C32H40F3N7O4/c1-5-23-20-41(30(44)24-9-10-26(45-4)38-28(24)32(33,34)35)16-17-42(23)25-11-13-31(46-6-2,21-8-7-14-36-18-21)39-27(25)29(43)37-22-12-15-40(3)19-22/h7-11,13-14,18,22-23,39H,5-6,12,15-17,19-20H2,1-4H3,(H,37,43)/t22-,23-,31?/m1/s1. The van der Waals surface area contributed by atoms with Crippen LogP contribution < -0.4 is 15.4 Å². The van der Waals surface area contributed by atoms with Crippen LogP contribution in [0.4, 0.5) is 13.2 Å². The molecule has 2 amide bonds. The van der Waals surface area contributed by atoms with Gasteiger partial charge in [0.25, 0.3) is 11.8 Å². The van der Waals surface area contributed by atoms with Gasteiger partial charge in [-0.1, -0.05) is 13.0 Å². The number of amides is 2. The molecule has 2 fully saturated rings. The summed E-state index contributed by atoms with van der Waals surface area (Å²) >= 11 is 0. The molecule has 3 aliphatic rings. The number of halogens is 3. The summed E-state index contributed by atoms with van der Waals surface area (Å²) in [5.74, 6) is -1.28. The largest absolute Gasteiger partial charge is 0.481 e. The van der Waals surface area contributed by atoms with Crippen LogP contribution in [-0.4, -0.2) is 102 Å². The summed E-state index contributed by atoms with van der Waals surface area (Å²) in [7, 11) is 3.22. The molecule has 2 aromatic rings. The second-order valence-electron chi connectivity index (χ2n) is 11.6. The van der Waals surface area contributed by atoms with Gasteiger partial charge in [0.05, 0.1) is 18.4 Å². The lowest BCUT2D eigenvalue weighted by Crippen LogP contribution is -2.57. The van der Waals surface area contributed by atoms with Crippen LogP contribution in [0.25, 0.3) is 0 Å². The lowest BCUT2D eigenvalue weighted by Gasteiger charge is -2.46. The summed E-state index contributed by atoms with van der Waals surface area (Å²) in [5, 5.41) is 6.56. The normalized spacial score (nSPS) is 23.8. The number of carbonyl (C=O) groups excluding carboxylic acids is 2. The van der Waals surface area contributed by atoms with Gasteiger partial charge in [0.2, 0.25) is 5.88 Å². The van der Waals surface area contributed by atoms with Crippen LogP contribution in [0.1, 0.15) is 48.3 Å². The zero-order valence-corrected chi connectivity index (χ0v) is 26.4. The number of ether oxygens (including phenoxy) is 2. The monoisotopic (exact) mass is 643 g/mol. The van der Waals surface area contributed by atoms with Crippen molar-refractivity contribution in [3.63, 3.8) is 0 Å². The van der Waals surface area contributed by atoms with Crippen LogP contribution in [0.3, 0.4) is 0 Å². The molecule has 3 aliphatic heterocycles. The third-order valence-electron chi connectivity index (χ3n) is 8.59. The Bertz CT molecular complexity index is 1490. The highest BCUT2D eigenvalue weighted by atomic mass is 19.4. The smallest absolute Gasteiger partial charge is 0.434 e. The van der Waals surface area contributed by atoms with Gasteiger partial charge in [-0.05, 0) is 57.6 Å². The quantitative estimate of drug-likeness (QED) is 0.426. The van der Waals surface area contributed by atoms with Crippen molar-refractivity contribution in [2.75, 3.05) is 53.5 Å². The van der Waals surface area contributed by atoms with E-state index in [4.69, 9.17) is 9.47 Å². The number of methoxy groups -OCH3 is 1. The number of dihydropyridines is 1. The molecule has 5 rings (SSSR count). The van der Waals surface area contributed by atoms with Crippen molar-refractivity contribution < 1.29 is 32.2 Å². The SMILES string of the molecule is CCOC1(c2cccnc2)C=CC(N2CCN(C(=O)c3ccc(OC)nc3C(F)(F)F)C[C@H]2CC)=C(C(=O)N[C@@H]2CCN(C)C2)N1. The molecule has 248 valence electrons. The van der Waals surface area contributed by atoms with Crippen molar-refractivity contribution >= 4 is 11.8 Å². The fourth-order valence-corrected chi connectivity index (χ4v) is 6.26. The van der Waals surface area contributed by atoms with Crippen molar-refractivity contribution in [3.8, 4) is 5.88 Å². The van der Waals surface area contributed by atoms with E-state index in [9.17, 15) is 22.8 Å². The first kappa shape index (κ1) is 33.2. The Kier molecular flexibility index (Phi) is 9.87. The maximum absolute atomic E-state index is 14.0. The van der Waals surface area contributed by atoms with Crippen LogP contribution in [0.2, 0.25) is 0 Å². The first-order valence-corrected chi connectivity index (χ1v) is 15.4. The molecule has 2 saturated heterocycles. The minimum absolute atomic E-state index is 0.0313. The molecule has 0 spiro atoms. The average Bonchev–Trinajstić information content (AvgIpc) is 3.47. The highest BCUT2D eigenvalue weighted by molar-refractivity contribution is 5.96. The number of likely N-dealkylation sites (tertiary alicyclic amines) is 1. The molecule has 1 unspecified atom stereocenters. The van der Waals surface area contributed by atoms with E-state index in [0.29, 0.717) is 30.0 Å². The Labute approximate surface area is 266 Å². The molecule has 46 heavy (non-hydrogen) atoms. The second kappa shape index (κ2) is 13.7. The molecule has 0 radical (unpaired) electrons. The van der Waals surface area contributed by atoms with Crippen LogP contribution in [0, 0.1) is 0 Å². The number of carbonyl (C=O) groups is 2. The summed E-state index contributed by atoms with van der Waals surface area (Å²) < 4.78 is 52.8. The molecule has 3 atom stereocenters. The van der Waals surface area contributed by atoms with Crippen LogP contribution in [-0.2, 0) is 21.4 Å². The highest BCUT2D eigenvalue weighted by Crippen LogP contribution is 2.35. The minimum Gasteiger partial charge on any atom is -0.481 e. The van der Waals surface area contributed by atoms with Crippen LogP contribution >= 0.6 is 0 Å². The van der Waals surface area contributed by atoms with Crippen molar-refractivity contribution in [2.45, 2.75) is 50.7 Å². The first-order chi connectivity index (χ1) is 22.0. The van der Waals surface area contributed by atoms with E-state index < -0.39 is 29.1 Å². The maximum atomic E-state index is 14.0. The molecular formula is C32H40F3N7O4. The third-order valence-corrected chi connectivity index (χ3v) is 8.59. The van der Waals surface area contributed by atoms with Crippen LogP contribution in [0.15, 0.2) is 60.2 Å². The average molecular weight is 644 g/mol. The number of aromatic nitrogens is 2. The molecule has 0 aromatic carbocycles. The summed E-state index contributed by atoms with van der Waals surface area (Å²) in [5.41, 5.74) is -1.33. The topological polar surface area (TPSA) is 112 Å².